The second-order valence-electron chi connectivity index (χ2n) is 9.76. The van der Waals surface area contributed by atoms with Crippen LogP contribution in [0.1, 0.15) is 38.1 Å². The van der Waals surface area contributed by atoms with E-state index in [9.17, 15) is 19.7 Å². The highest BCUT2D eigenvalue weighted by molar-refractivity contribution is 9.10. The zero-order chi connectivity index (χ0) is 31.0. The highest BCUT2D eigenvalue weighted by Gasteiger charge is 2.35. The highest BCUT2D eigenvalue weighted by atomic mass is 79.9. The Morgan fingerprint density at radius 1 is 1.16 bits per heavy atom. The molecule has 0 fully saturated rings. The topological polar surface area (TPSA) is 135 Å². The standard InChI is InChI=1S/C30H26BrN3O8S/c1-15(2)41-29(36)26-16(3)32-30-33(27(26)21-12-17(31)6-10-23(21)40-5)28(35)25(43-30)14-19-8-11-24(42-19)20-9-7-18(39-4)13-22(20)34(37)38/h6-15,27H,1-5H3/b25-14-/t27-/m0/s1. The Balaban J connectivity index is 1.66. The van der Waals surface area contributed by atoms with Crippen LogP contribution in [0.5, 0.6) is 11.5 Å². The molecule has 2 aromatic carbocycles. The Kier molecular flexibility index (Phi) is 8.38. The van der Waals surface area contributed by atoms with Crippen molar-refractivity contribution < 1.29 is 28.3 Å². The fourth-order valence-electron chi connectivity index (χ4n) is 4.78. The van der Waals surface area contributed by atoms with Crippen molar-refractivity contribution in [3.05, 3.63) is 105 Å². The summed E-state index contributed by atoms with van der Waals surface area (Å²) in [5, 5.41) is 11.7. The van der Waals surface area contributed by atoms with Gasteiger partial charge >= 0.3 is 5.97 Å². The van der Waals surface area contributed by atoms with E-state index in [0.29, 0.717) is 33.3 Å². The van der Waals surface area contributed by atoms with E-state index in [1.807, 2.05) is 0 Å². The lowest BCUT2D eigenvalue weighted by atomic mass is 9.95. The average Bonchev–Trinajstić information content (AvgIpc) is 3.55. The van der Waals surface area contributed by atoms with Gasteiger partial charge < -0.3 is 18.6 Å². The van der Waals surface area contributed by atoms with Crippen molar-refractivity contribution in [2.24, 2.45) is 4.99 Å². The lowest BCUT2D eigenvalue weighted by Gasteiger charge is -2.26. The van der Waals surface area contributed by atoms with Crippen LogP contribution >= 0.6 is 27.3 Å². The van der Waals surface area contributed by atoms with Crippen molar-refractivity contribution in [2.45, 2.75) is 32.9 Å². The Hall–Kier alpha value is -4.49. The third-order valence-corrected chi connectivity index (χ3v) is 8.11. The van der Waals surface area contributed by atoms with Crippen molar-refractivity contribution in [3.8, 4) is 22.8 Å². The number of thiazole rings is 1. The van der Waals surface area contributed by atoms with Crippen LogP contribution < -0.4 is 24.4 Å². The molecule has 0 N–H and O–H groups in total. The van der Waals surface area contributed by atoms with E-state index in [1.165, 1.54) is 24.9 Å². The molecular weight excluding hydrogens is 642 g/mol. The van der Waals surface area contributed by atoms with Gasteiger partial charge in [0.15, 0.2) is 4.80 Å². The average molecular weight is 669 g/mol. The predicted octanol–water partition coefficient (Wildman–Crippen LogP) is 5.13. The number of ether oxygens (including phenoxy) is 3. The molecule has 0 radical (unpaired) electrons. The largest absolute Gasteiger partial charge is 0.497 e. The summed E-state index contributed by atoms with van der Waals surface area (Å²) < 4.78 is 24.7. The van der Waals surface area contributed by atoms with Crippen molar-refractivity contribution in [1.29, 1.82) is 0 Å². The molecule has 222 valence electrons. The number of nitro benzene ring substituents is 1. The molecule has 43 heavy (non-hydrogen) atoms. The number of allylic oxidation sites excluding steroid dienone is 1. The number of fused-ring (bicyclic) bond motifs is 1. The van der Waals surface area contributed by atoms with Crippen LogP contribution in [0, 0.1) is 10.1 Å². The maximum absolute atomic E-state index is 14.0. The van der Waals surface area contributed by atoms with Gasteiger partial charge in [-0.25, -0.2) is 9.79 Å². The minimum Gasteiger partial charge on any atom is -0.497 e. The second kappa shape index (κ2) is 12.0. The number of rotatable bonds is 8. The smallest absolute Gasteiger partial charge is 0.338 e. The van der Waals surface area contributed by atoms with E-state index in [4.69, 9.17) is 18.6 Å². The molecule has 4 aromatic rings. The maximum atomic E-state index is 14.0. The fraction of sp³-hybridized carbons (Fsp3) is 0.233. The van der Waals surface area contributed by atoms with Crippen molar-refractivity contribution >= 4 is 45.0 Å². The van der Waals surface area contributed by atoms with Gasteiger partial charge in [0.25, 0.3) is 11.2 Å². The molecule has 3 heterocycles. The number of carbonyl (C=O) groups is 1. The molecule has 0 bridgehead atoms. The van der Waals surface area contributed by atoms with Gasteiger partial charge in [-0.2, -0.15) is 0 Å². The first-order chi connectivity index (χ1) is 20.5. The van der Waals surface area contributed by atoms with Crippen LogP contribution in [0.15, 0.2) is 78.5 Å². The van der Waals surface area contributed by atoms with Crippen molar-refractivity contribution in [1.82, 2.24) is 4.57 Å². The van der Waals surface area contributed by atoms with Crippen LogP contribution in [0.2, 0.25) is 0 Å². The molecule has 2 aromatic heterocycles. The van der Waals surface area contributed by atoms with Gasteiger partial charge in [-0.15, -0.1) is 0 Å². The number of furan rings is 1. The summed E-state index contributed by atoms with van der Waals surface area (Å²) >= 11 is 4.62. The van der Waals surface area contributed by atoms with Gasteiger partial charge in [0.2, 0.25) is 0 Å². The Bertz CT molecular complexity index is 1970. The van der Waals surface area contributed by atoms with Gasteiger partial charge in [0.1, 0.15) is 29.1 Å². The van der Waals surface area contributed by atoms with Gasteiger partial charge in [-0.1, -0.05) is 27.3 Å². The lowest BCUT2D eigenvalue weighted by Crippen LogP contribution is -2.40. The summed E-state index contributed by atoms with van der Waals surface area (Å²) in [6.45, 7) is 5.19. The Morgan fingerprint density at radius 2 is 1.93 bits per heavy atom. The number of carbonyl (C=O) groups excluding carboxylic acids is 1. The number of halogens is 1. The molecule has 11 nitrogen and oxygen atoms in total. The molecule has 0 saturated heterocycles. The predicted molar refractivity (Wildman–Crippen MR) is 163 cm³/mol. The lowest BCUT2D eigenvalue weighted by molar-refractivity contribution is -0.384. The number of benzene rings is 2. The minimum atomic E-state index is -0.883. The number of nitrogens with zero attached hydrogens (tertiary/aromatic N) is 3. The first-order valence-corrected chi connectivity index (χ1v) is 14.6. The second-order valence-corrected chi connectivity index (χ2v) is 11.7. The SMILES string of the molecule is COc1ccc(-c2ccc(/C=c3\sc4n(c3=O)[C@@H](c3cc(Br)ccc3OC)C(C(=O)OC(C)C)=C(C)N=4)o2)c([N+](=O)[O-])c1. The third-order valence-electron chi connectivity index (χ3n) is 6.64. The molecule has 0 unspecified atom stereocenters. The zero-order valence-electron chi connectivity index (χ0n) is 23.7. The van der Waals surface area contributed by atoms with Gasteiger partial charge in [-0.3, -0.25) is 19.5 Å². The maximum Gasteiger partial charge on any atom is 0.338 e. The van der Waals surface area contributed by atoms with Crippen LogP contribution in [-0.4, -0.2) is 35.8 Å². The number of esters is 1. The molecule has 1 aliphatic heterocycles. The van der Waals surface area contributed by atoms with Gasteiger partial charge in [0.05, 0.1) is 52.7 Å². The number of methoxy groups -OCH3 is 2. The summed E-state index contributed by atoms with van der Waals surface area (Å²) in [4.78, 5) is 43.5. The first-order valence-electron chi connectivity index (χ1n) is 13.0. The number of aromatic nitrogens is 1. The third kappa shape index (κ3) is 5.77. The fourth-order valence-corrected chi connectivity index (χ4v) is 6.18. The van der Waals surface area contributed by atoms with Crippen molar-refractivity contribution in [3.63, 3.8) is 0 Å². The molecular formula is C30H26BrN3O8S. The zero-order valence-corrected chi connectivity index (χ0v) is 26.1. The van der Waals surface area contributed by atoms with Crippen molar-refractivity contribution in [2.75, 3.05) is 14.2 Å². The summed E-state index contributed by atoms with van der Waals surface area (Å²) in [5.41, 5.74) is 0.873. The van der Waals surface area contributed by atoms with E-state index in [1.54, 1.807) is 69.3 Å². The number of hydrogen-bond acceptors (Lipinski definition) is 10. The summed E-state index contributed by atoms with van der Waals surface area (Å²) in [7, 11) is 2.94. The molecule has 1 aliphatic rings. The number of nitro groups is 1. The van der Waals surface area contributed by atoms with E-state index in [2.05, 4.69) is 20.9 Å². The first kappa shape index (κ1) is 30.0. The van der Waals surface area contributed by atoms with Crippen LogP contribution in [0.4, 0.5) is 5.69 Å². The monoisotopic (exact) mass is 667 g/mol. The molecule has 0 saturated carbocycles. The molecule has 13 heteroatoms. The molecule has 1 atom stereocenters. The Labute approximate surface area is 257 Å². The molecule has 0 amide bonds. The van der Waals surface area contributed by atoms with E-state index in [-0.39, 0.29) is 27.1 Å². The molecule has 0 spiro atoms. The number of hydrogen-bond donors (Lipinski definition) is 0. The molecule has 5 rings (SSSR count). The van der Waals surface area contributed by atoms with Gasteiger partial charge in [0, 0.05) is 16.1 Å². The van der Waals surface area contributed by atoms with E-state index >= 15 is 0 Å². The summed E-state index contributed by atoms with van der Waals surface area (Å²) in [6, 6.07) is 12.1. The van der Waals surface area contributed by atoms with Gasteiger partial charge in [-0.05, 0) is 63.2 Å². The summed E-state index contributed by atoms with van der Waals surface area (Å²) in [5.74, 6) is 0.780. The van der Waals surface area contributed by atoms with Crippen LogP contribution in [0.3, 0.4) is 0 Å². The van der Waals surface area contributed by atoms with Crippen LogP contribution in [0.25, 0.3) is 17.4 Å². The quantitative estimate of drug-likeness (QED) is 0.143. The molecule has 0 aliphatic carbocycles. The summed E-state index contributed by atoms with van der Waals surface area (Å²) in [6.07, 6.45) is 1.15. The Morgan fingerprint density at radius 3 is 2.60 bits per heavy atom. The van der Waals surface area contributed by atoms with E-state index in [0.717, 1.165) is 15.8 Å². The minimum absolute atomic E-state index is 0.182. The van der Waals surface area contributed by atoms with E-state index < -0.39 is 28.6 Å². The van der Waals surface area contributed by atoms with Crippen LogP contribution in [-0.2, 0) is 9.53 Å². The highest BCUT2D eigenvalue weighted by Crippen LogP contribution is 2.38. The normalized spacial score (nSPS) is 14.9.